The molecule has 15 nitrogen and oxygen atoms in total. The molecule has 3 saturated carbocycles. The zero-order chi connectivity index (χ0) is 34.3. The van der Waals surface area contributed by atoms with Gasteiger partial charge >= 0.3 is 6.09 Å². The standard InChI is InChI=1S/C30H42ClN7O8S/c1-6-17-14-30(17,26(41)36-47(43,44)19-11-12-19)35-24(39)20-15-37(21-13-22(45-5)33-27(31)32-21)16-38(20)25(40)23(29(2,3)4)34-28(42)46-18-9-7-8-10-18/h6,13,17-20,23H,1,7-12,14-16H2,2-5H3,(H,34,42)(H,35,39)(H,36,41)/t17-,20+,23-,30-/m1/s1. The van der Waals surface area contributed by atoms with E-state index in [4.69, 9.17) is 21.1 Å². The molecular weight excluding hydrogens is 654 g/mol. The Hall–Kier alpha value is -3.66. The largest absolute Gasteiger partial charge is 0.481 e. The van der Waals surface area contributed by atoms with Crippen LogP contribution < -0.4 is 25.0 Å². The van der Waals surface area contributed by atoms with E-state index in [1.807, 2.05) is 0 Å². The van der Waals surface area contributed by atoms with Crippen LogP contribution in [-0.2, 0) is 29.1 Å². The van der Waals surface area contributed by atoms with Crippen molar-refractivity contribution in [1.29, 1.82) is 0 Å². The number of ether oxygens (including phenoxy) is 2. The van der Waals surface area contributed by atoms with Crippen molar-refractivity contribution in [2.24, 2.45) is 11.3 Å². The van der Waals surface area contributed by atoms with Crippen molar-refractivity contribution in [3.8, 4) is 5.88 Å². The maximum Gasteiger partial charge on any atom is 0.408 e. The van der Waals surface area contributed by atoms with Crippen molar-refractivity contribution in [3.05, 3.63) is 24.0 Å². The summed E-state index contributed by atoms with van der Waals surface area (Å²) in [7, 11) is -2.49. The number of nitrogens with zero attached hydrogens (tertiary/aromatic N) is 4. The maximum absolute atomic E-state index is 14.3. The molecule has 0 aromatic carbocycles. The molecule has 2 heterocycles. The molecule has 1 saturated heterocycles. The number of hydrogen-bond donors (Lipinski definition) is 3. The fourth-order valence-electron chi connectivity index (χ4n) is 6.06. The number of alkyl carbamates (subject to hydrolysis) is 1. The number of methoxy groups -OCH3 is 1. The number of carbonyl (C=O) groups excluding carboxylic acids is 4. The topological polar surface area (TPSA) is 189 Å². The van der Waals surface area contributed by atoms with Crippen LogP contribution in [0.3, 0.4) is 0 Å². The van der Waals surface area contributed by atoms with Crippen LogP contribution in [0.25, 0.3) is 0 Å². The van der Waals surface area contributed by atoms with E-state index in [1.165, 1.54) is 24.2 Å². The first-order valence-corrected chi connectivity index (χ1v) is 17.6. The number of halogens is 1. The summed E-state index contributed by atoms with van der Waals surface area (Å²) in [6.45, 7) is 8.86. The van der Waals surface area contributed by atoms with Gasteiger partial charge in [-0.3, -0.25) is 19.1 Å². The molecule has 47 heavy (non-hydrogen) atoms. The molecule has 4 fully saturated rings. The van der Waals surface area contributed by atoms with E-state index < -0.39 is 68.0 Å². The minimum Gasteiger partial charge on any atom is -0.481 e. The normalized spacial score (nSPS) is 25.1. The van der Waals surface area contributed by atoms with Gasteiger partial charge in [0, 0.05) is 12.0 Å². The van der Waals surface area contributed by atoms with E-state index >= 15 is 0 Å². The average molecular weight is 696 g/mol. The molecule has 4 amide bonds. The summed E-state index contributed by atoms with van der Waals surface area (Å²) in [5, 5.41) is 4.71. The molecule has 0 unspecified atom stereocenters. The van der Waals surface area contributed by atoms with Gasteiger partial charge in [-0.1, -0.05) is 26.8 Å². The third-order valence-electron chi connectivity index (χ3n) is 9.07. The number of nitrogens with one attached hydrogen (secondary N) is 3. The Labute approximate surface area is 279 Å². The second-order valence-electron chi connectivity index (χ2n) is 13.7. The van der Waals surface area contributed by atoms with E-state index in [2.05, 4.69) is 31.9 Å². The highest BCUT2D eigenvalue weighted by molar-refractivity contribution is 7.91. The van der Waals surface area contributed by atoms with Gasteiger partial charge in [-0.05, 0) is 62.0 Å². The maximum atomic E-state index is 14.3. The number of anilines is 1. The Morgan fingerprint density at radius 2 is 1.83 bits per heavy atom. The van der Waals surface area contributed by atoms with Gasteiger partial charge in [-0.2, -0.15) is 4.98 Å². The zero-order valence-corrected chi connectivity index (χ0v) is 28.5. The number of amides is 4. The van der Waals surface area contributed by atoms with Gasteiger partial charge in [-0.15, -0.1) is 6.58 Å². The minimum absolute atomic E-state index is 0.0751. The predicted octanol–water partition coefficient (Wildman–Crippen LogP) is 1.87. The van der Waals surface area contributed by atoms with Crippen LogP contribution in [-0.4, -0.2) is 96.4 Å². The van der Waals surface area contributed by atoms with E-state index in [0.717, 1.165) is 25.7 Å². The molecule has 1 aromatic rings. The van der Waals surface area contributed by atoms with Crippen LogP contribution in [0, 0.1) is 11.3 Å². The summed E-state index contributed by atoms with van der Waals surface area (Å²) in [6.07, 6.45) is 4.98. The van der Waals surface area contributed by atoms with Crippen molar-refractivity contribution >= 4 is 51.3 Å². The van der Waals surface area contributed by atoms with Crippen LogP contribution in [0.5, 0.6) is 5.88 Å². The third kappa shape index (κ3) is 7.58. The first kappa shape index (κ1) is 34.7. The van der Waals surface area contributed by atoms with Gasteiger partial charge in [-0.25, -0.2) is 18.2 Å². The minimum atomic E-state index is -3.89. The highest BCUT2D eigenvalue weighted by Crippen LogP contribution is 2.45. The molecule has 0 spiro atoms. The Balaban J connectivity index is 1.42. The fraction of sp³-hybridized carbons (Fsp3) is 0.667. The Morgan fingerprint density at radius 1 is 1.15 bits per heavy atom. The lowest BCUT2D eigenvalue weighted by atomic mass is 9.85. The summed E-state index contributed by atoms with van der Waals surface area (Å²) in [5.41, 5.74) is -2.36. The average Bonchev–Trinajstić information content (AvgIpc) is 3.87. The summed E-state index contributed by atoms with van der Waals surface area (Å²) >= 11 is 6.13. The molecule has 0 radical (unpaired) electrons. The molecular formula is C30H42ClN7O8S. The van der Waals surface area contributed by atoms with Gasteiger partial charge in [0.05, 0.1) is 25.6 Å². The quantitative estimate of drug-likeness (QED) is 0.226. The van der Waals surface area contributed by atoms with Gasteiger partial charge in [0.15, 0.2) is 0 Å². The first-order valence-electron chi connectivity index (χ1n) is 15.7. The van der Waals surface area contributed by atoms with Crippen molar-refractivity contribution in [2.45, 2.75) is 94.7 Å². The van der Waals surface area contributed by atoms with Gasteiger partial charge in [0.1, 0.15) is 29.5 Å². The van der Waals surface area contributed by atoms with Crippen molar-refractivity contribution in [2.75, 3.05) is 25.2 Å². The highest BCUT2D eigenvalue weighted by Gasteiger charge is 2.62. The Bertz CT molecular complexity index is 1540. The molecule has 1 aliphatic heterocycles. The number of sulfonamides is 1. The number of carbonyl (C=O) groups is 4. The molecule has 258 valence electrons. The van der Waals surface area contributed by atoms with E-state index in [-0.39, 0.29) is 42.7 Å². The van der Waals surface area contributed by atoms with Crippen LogP contribution in [0.2, 0.25) is 5.28 Å². The van der Waals surface area contributed by atoms with Gasteiger partial charge in [0.2, 0.25) is 33.0 Å². The first-order chi connectivity index (χ1) is 22.1. The molecule has 5 rings (SSSR count). The third-order valence-corrected chi connectivity index (χ3v) is 11.1. The highest BCUT2D eigenvalue weighted by atomic mass is 35.5. The van der Waals surface area contributed by atoms with Crippen molar-refractivity contribution in [1.82, 2.24) is 30.2 Å². The smallest absolute Gasteiger partial charge is 0.408 e. The van der Waals surface area contributed by atoms with E-state index in [1.54, 1.807) is 25.7 Å². The second kappa shape index (κ2) is 13.1. The Morgan fingerprint density at radius 3 is 2.40 bits per heavy atom. The SMILES string of the molecule is C=C[C@@H]1C[C@]1(NC(=O)[C@@H]1CN(c2cc(OC)nc(Cl)n2)CN1C(=O)[C@@H](NC(=O)OC1CCCC1)C(C)(C)C)C(=O)NS(=O)(=O)C1CC1. The van der Waals surface area contributed by atoms with E-state index in [0.29, 0.717) is 12.8 Å². The molecule has 17 heteroatoms. The predicted molar refractivity (Wildman–Crippen MR) is 171 cm³/mol. The molecule has 4 atom stereocenters. The van der Waals surface area contributed by atoms with E-state index in [9.17, 15) is 27.6 Å². The number of aromatic nitrogens is 2. The van der Waals surface area contributed by atoms with Crippen LogP contribution in [0.4, 0.5) is 10.6 Å². The lowest BCUT2D eigenvalue weighted by Gasteiger charge is -2.35. The fourth-order valence-corrected chi connectivity index (χ4v) is 7.59. The summed E-state index contributed by atoms with van der Waals surface area (Å²) in [4.78, 5) is 65.9. The summed E-state index contributed by atoms with van der Waals surface area (Å²) in [6, 6.07) is -0.784. The molecule has 4 aliphatic rings. The summed E-state index contributed by atoms with van der Waals surface area (Å²) in [5.74, 6) is -2.21. The van der Waals surface area contributed by atoms with Gasteiger partial charge < -0.3 is 29.9 Å². The second-order valence-corrected chi connectivity index (χ2v) is 16.0. The van der Waals surface area contributed by atoms with Crippen molar-refractivity contribution in [3.63, 3.8) is 0 Å². The molecule has 1 aromatic heterocycles. The molecule has 0 bridgehead atoms. The number of rotatable bonds is 11. The monoisotopic (exact) mass is 695 g/mol. The lowest BCUT2D eigenvalue weighted by molar-refractivity contribution is -0.142. The summed E-state index contributed by atoms with van der Waals surface area (Å²) < 4.78 is 38.1. The Kier molecular flexibility index (Phi) is 9.66. The molecule has 3 aliphatic carbocycles. The lowest BCUT2D eigenvalue weighted by Crippen LogP contribution is -2.60. The van der Waals surface area contributed by atoms with Crippen LogP contribution in [0.1, 0.15) is 65.7 Å². The van der Waals surface area contributed by atoms with Gasteiger partial charge in [0.25, 0.3) is 5.91 Å². The number of hydrogen-bond acceptors (Lipinski definition) is 11. The van der Waals surface area contributed by atoms with Crippen molar-refractivity contribution < 1.29 is 37.1 Å². The molecule has 3 N–H and O–H groups in total. The van der Waals surface area contributed by atoms with Crippen LogP contribution in [0.15, 0.2) is 18.7 Å². The van der Waals surface area contributed by atoms with Crippen LogP contribution >= 0.6 is 11.6 Å². The zero-order valence-electron chi connectivity index (χ0n) is 27.0.